The molecule has 4 rings (SSSR count). The molecule has 1 atom stereocenters. The van der Waals surface area contributed by atoms with Crippen LogP contribution in [0.15, 0.2) is 47.8 Å². The number of nitrogens with zero attached hydrogens (tertiary/aromatic N) is 3. The summed E-state index contributed by atoms with van der Waals surface area (Å²) in [6.45, 7) is 7.74. The van der Waals surface area contributed by atoms with E-state index < -0.39 is 11.1 Å². The second-order valence-electron chi connectivity index (χ2n) is 8.65. The predicted molar refractivity (Wildman–Crippen MR) is 120 cm³/mol. The lowest BCUT2D eigenvalue weighted by Gasteiger charge is -2.44. The highest BCUT2D eigenvalue weighted by Crippen LogP contribution is 2.36. The average molecular weight is 443 g/mol. The highest BCUT2D eigenvalue weighted by Gasteiger charge is 2.49. The molecule has 3 heterocycles. The number of anilines is 1. The summed E-state index contributed by atoms with van der Waals surface area (Å²) in [5, 5.41) is 10.1. The number of hydrogen-bond acceptors (Lipinski definition) is 4. The Balaban J connectivity index is 1.85. The molecule has 2 amide bonds. The number of halogens is 1. The van der Waals surface area contributed by atoms with Gasteiger partial charge >= 0.3 is 0 Å². The van der Waals surface area contributed by atoms with E-state index in [2.05, 4.69) is 10.4 Å². The van der Waals surface area contributed by atoms with Crippen LogP contribution in [0.1, 0.15) is 38.2 Å². The van der Waals surface area contributed by atoms with Crippen LogP contribution in [0, 0.1) is 0 Å². The van der Waals surface area contributed by atoms with Crippen LogP contribution < -0.4 is 10.2 Å². The quantitative estimate of drug-likeness (QED) is 0.644. The van der Waals surface area contributed by atoms with Crippen molar-refractivity contribution in [3.63, 3.8) is 0 Å². The van der Waals surface area contributed by atoms with Crippen molar-refractivity contribution in [3.8, 4) is 10.6 Å². The van der Waals surface area contributed by atoms with Crippen LogP contribution in [0.5, 0.6) is 0 Å². The Bertz CT molecular complexity index is 1120. The minimum absolute atomic E-state index is 0.230. The van der Waals surface area contributed by atoms with Gasteiger partial charge in [0.1, 0.15) is 16.9 Å². The number of fused-ring (bicyclic) bond motifs is 1. The van der Waals surface area contributed by atoms with Gasteiger partial charge in [0.2, 0.25) is 5.91 Å². The Hall–Kier alpha value is -2.64. The fourth-order valence-electron chi connectivity index (χ4n) is 3.62. The van der Waals surface area contributed by atoms with Crippen molar-refractivity contribution in [1.82, 2.24) is 15.1 Å². The molecule has 0 unspecified atom stereocenters. The molecule has 1 aliphatic heterocycles. The number of hydrogen-bond donors (Lipinski definition) is 1. The molecule has 1 aromatic carbocycles. The van der Waals surface area contributed by atoms with Gasteiger partial charge in [-0.2, -0.15) is 5.10 Å². The van der Waals surface area contributed by atoms with E-state index in [-0.39, 0.29) is 18.4 Å². The standard InChI is InChI=1S/C22H23ClN4O2S/c1-21(2,3)24-20(29)22(4)13-26-17(12-16(25-26)18-9-6-10-30-18)19(28)27(22)15-8-5-7-14(23)11-15/h5-12H,13H2,1-4H3,(H,24,29)/t22-/m0/s1. The molecule has 0 fully saturated rings. The molecule has 0 bridgehead atoms. The van der Waals surface area contributed by atoms with Crippen molar-refractivity contribution in [3.05, 3.63) is 58.6 Å². The minimum Gasteiger partial charge on any atom is -0.349 e. The molecule has 8 heteroatoms. The summed E-state index contributed by atoms with van der Waals surface area (Å²) in [4.78, 5) is 29.6. The molecule has 30 heavy (non-hydrogen) atoms. The van der Waals surface area contributed by atoms with Gasteiger partial charge in [-0.25, -0.2) is 0 Å². The summed E-state index contributed by atoms with van der Waals surface area (Å²) in [5.41, 5.74) is 0.111. The third-order valence-corrected chi connectivity index (χ3v) is 6.10. The van der Waals surface area contributed by atoms with E-state index in [0.717, 1.165) is 10.6 Å². The zero-order valence-electron chi connectivity index (χ0n) is 17.3. The summed E-state index contributed by atoms with van der Waals surface area (Å²) >= 11 is 7.76. The normalized spacial score (nSPS) is 19.0. The summed E-state index contributed by atoms with van der Waals surface area (Å²) in [6, 6.07) is 12.7. The lowest BCUT2D eigenvalue weighted by atomic mass is 9.92. The Labute approximate surface area is 184 Å². The Morgan fingerprint density at radius 2 is 2.00 bits per heavy atom. The van der Waals surface area contributed by atoms with E-state index in [4.69, 9.17) is 11.6 Å². The van der Waals surface area contributed by atoms with Gasteiger partial charge in [-0.15, -0.1) is 11.3 Å². The fourth-order valence-corrected chi connectivity index (χ4v) is 4.49. The topological polar surface area (TPSA) is 67.2 Å². The van der Waals surface area contributed by atoms with Gasteiger partial charge in [0, 0.05) is 16.2 Å². The number of rotatable bonds is 3. The third-order valence-electron chi connectivity index (χ3n) is 4.97. The van der Waals surface area contributed by atoms with Crippen LogP contribution in [0.25, 0.3) is 10.6 Å². The van der Waals surface area contributed by atoms with Gasteiger partial charge in [0.25, 0.3) is 5.91 Å². The first-order valence-electron chi connectivity index (χ1n) is 9.63. The zero-order valence-corrected chi connectivity index (χ0v) is 18.8. The number of amides is 2. The smallest absolute Gasteiger partial charge is 0.277 e. The number of aromatic nitrogens is 2. The lowest BCUT2D eigenvalue weighted by molar-refractivity contribution is -0.128. The maximum Gasteiger partial charge on any atom is 0.277 e. The van der Waals surface area contributed by atoms with Crippen LogP contribution in [0.2, 0.25) is 5.02 Å². The monoisotopic (exact) mass is 442 g/mol. The molecule has 1 N–H and O–H groups in total. The predicted octanol–water partition coefficient (Wildman–Crippen LogP) is 4.60. The molecular weight excluding hydrogens is 420 g/mol. The van der Waals surface area contributed by atoms with Gasteiger partial charge in [0.15, 0.2) is 0 Å². The lowest BCUT2D eigenvalue weighted by Crippen LogP contribution is -2.66. The Morgan fingerprint density at radius 1 is 1.23 bits per heavy atom. The second-order valence-corrected chi connectivity index (χ2v) is 10.0. The second kappa shape index (κ2) is 7.25. The van der Waals surface area contributed by atoms with E-state index in [1.165, 1.54) is 4.90 Å². The van der Waals surface area contributed by atoms with Crippen LogP contribution >= 0.6 is 22.9 Å². The summed E-state index contributed by atoms with van der Waals surface area (Å²) in [6.07, 6.45) is 0. The van der Waals surface area contributed by atoms with Gasteiger partial charge in [0.05, 0.1) is 11.4 Å². The van der Waals surface area contributed by atoms with Crippen LogP contribution in [0.4, 0.5) is 5.69 Å². The first kappa shape index (κ1) is 20.6. The zero-order chi connectivity index (χ0) is 21.7. The molecule has 0 saturated heterocycles. The highest BCUT2D eigenvalue weighted by atomic mass is 35.5. The molecule has 1 aliphatic rings. The van der Waals surface area contributed by atoms with Crippen molar-refractivity contribution < 1.29 is 9.59 Å². The molecule has 2 aromatic heterocycles. The first-order valence-corrected chi connectivity index (χ1v) is 10.9. The van der Waals surface area contributed by atoms with Crippen molar-refractivity contribution in [2.75, 3.05) is 4.90 Å². The van der Waals surface area contributed by atoms with E-state index in [9.17, 15) is 9.59 Å². The van der Waals surface area contributed by atoms with Crippen molar-refractivity contribution in [2.45, 2.75) is 45.3 Å². The van der Waals surface area contributed by atoms with E-state index in [0.29, 0.717) is 16.4 Å². The third kappa shape index (κ3) is 3.63. The van der Waals surface area contributed by atoms with E-state index in [1.807, 2.05) is 38.3 Å². The van der Waals surface area contributed by atoms with Gasteiger partial charge in [-0.3, -0.25) is 19.2 Å². The Kier molecular flexibility index (Phi) is 4.98. The number of nitrogens with one attached hydrogen (secondary N) is 1. The maximum absolute atomic E-state index is 13.6. The largest absolute Gasteiger partial charge is 0.349 e. The first-order chi connectivity index (χ1) is 14.1. The molecule has 3 aromatic rings. The van der Waals surface area contributed by atoms with Crippen LogP contribution in [-0.4, -0.2) is 32.7 Å². The van der Waals surface area contributed by atoms with Crippen molar-refractivity contribution >= 4 is 40.4 Å². The summed E-state index contributed by atoms with van der Waals surface area (Å²) in [5.74, 6) is -0.535. The minimum atomic E-state index is -1.18. The van der Waals surface area contributed by atoms with Crippen LogP contribution in [0.3, 0.4) is 0 Å². The van der Waals surface area contributed by atoms with Gasteiger partial charge < -0.3 is 5.32 Å². The molecule has 0 aliphatic carbocycles. The van der Waals surface area contributed by atoms with E-state index in [1.54, 1.807) is 53.3 Å². The fraction of sp³-hybridized carbons (Fsp3) is 0.318. The van der Waals surface area contributed by atoms with Crippen molar-refractivity contribution in [1.29, 1.82) is 0 Å². The molecular formula is C22H23ClN4O2S. The SMILES string of the molecule is CC(C)(C)NC(=O)[C@]1(C)Cn2nc(-c3cccs3)cc2C(=O)N1c1cccc(Cl)c1. The maximum atomic E-state index is 13.6. The molecule has 0 radical (unpaired) electrons. The number of thiophene rings is 1. The van der Waals surface area contributed by atoms with E-state index >= 15 is 0 Å². The number of carbonyl (C=O) groups excluding carboxylic acids is 2. The number of carbonyl (C=O) groups is 2. The van der Waals surface area contributed by atoms with Crippen LogP contribution in [-0.2, 0) is 11.3 Å². The Morgan fingerprint density at radius 3 is 2.63 bits per heavy atom. The number of benzene rings is 1. The molecule has 0 saturated carbocycles. The highest BCUT2D eigenvalue weighted by molar-refractivity contribution is 7.13. The average Bonchev–Trinajstić information content (AvgIpc) is 3.29. The molecule has 156 valence electrons. The molecule has 0 spiro atoms. The molecule has 6 nitrogen and oxygen atoms in total. The summed E-state index contributed by atoms with van der Waals surface area (Å²) < 4.78 is 1.64. The van der Waals surface area contributed by atoms with Gasteiger partial charge in [-0.1, -0.05) is 23.7 Å². The summed E-state index contributed by atoms with van der Waals surface area (Å²) in [7, 11) is 0. The van der Waals surface area contributed by atoms with Crippen molar-refractivity contribution in [2.24, 2.45) is 0 Å². The van der Waals surface area contributed by atoms with Gasteiger partial charge in [-0.05, 0) is 63.4 Å².